The van der Waals surface area contributed by atoms with E-state index in [-0.39, 0.29) is 0 Å². The molecule has 0 unspecified atom stereocenters. The minimum Gasteiger partial charge on any atom is -0.398 e. The van der Waals surface area contributed by atoms with Gasteiger partial charge in [0.05, 0.1) is 5.71 Å². The summed E-state index contributed by atoms with van der Waals surface area (Å²) in [5.74, 6) is 0. The van der Waals surface area contributed by atoms with Crippen LogP contribution in [0.25, 0.3) is 27.6 Å². The van der Waals surface area contributed by atoms with Gasteiger partial charge >= 0.3 is 0 Å². The quantitative estimate of drug-likeness (QED) is 0.445. The van der Waals surface area contributed by atoms with Gasteiger partial charge in [-0.3, -0.25) is 0 Å². The first-order valence-corrected chi connectivity index (χ1v) is 8.92. The Labute approximate surface area is 159 Å². The molecule has 0 aliphatic carbocycles. The topological polar surface area (TPSA) is 49.9 Å². The molecule has 0 aliphatic heterocycles. The fraction of sp³-hybridized carbons (Fsp3) is 0. The molecule has 130 valence electrons. The second kappa shape index (κ2) is 7.30. The van der Waals surface area contributed by atoms with Crippen LogP contribution in [0.2, 0.25) is 0 Å². The van der Waals surface area contributed by atoms with Gasteiger partial charge < -0.3 is 11.1 Å². The Morgan fingerprint density at radius 2 is 1.33 bits per heavy atom. The van der Waals surface area contributed by atoms with E-state index in [0.717, 1.165) is 16.7 Å². The Kier molecular flexibility index (Phi) is 4.54. The fourth-order valence-corrected chi connectivity index (χ4v) is 3.26. The smallest absolute Gasteiger partial charge is 0.0632 e. The van der Waals surface area contributed by atoms with Crippen LogP contribution in [0.1, 0.15) is 11.1 Å². The molecule has 27 heavy (non-hydrogen) atoms. The largest absolute Gasteiger partial charge is 0.398 e. The van der Waals surface area contributed by atoms with Gasteiger partial charge in [-0.1, -0.05) is 97.1 Å². The normalized spacial score (nSPS) is 11.5. The van der Waals surface area contributed by atoms with E-state index in [1.165, 1.54) is 16.3 Å². The van der Waals surface area contributed by atoms with Crippen LogP contribution < -0.4 is 5.73 Å². The number of nitrogens with one attached hydrogen (secondary N) is 1. The highest BCUT2D eigenvalue weighted by Crippen LogP contribution is 2.28. The molecule has 0 atom stereocenters. The lowest BCUT2D eigenvalue weighted by Gasteiger charge is -2.08. The van der Waals surface area contributed by atoms with Gasteiger partial charge in [0.15, 0.2) is 0 Å². The Morgan fingerprint density at radius 3 is 2.11 bits per heavy atom. The van der Waals surface area contributed by atoms with E-state index < -0.39 is 0 Å². The summed E-state index contributed by atoms with van der Waals surface area (Å²) in [5.41, 5.74) is 11.2. The summed E-state index contributed by atoms with van der Waals surface area (Å²) in [6.45, 7) is 0. The zero-order valence-electron chi connectivity index (χ0n) is 14.9. The lowest BCUT2D eigenvalue weighted by Crippen LogP contribution is -2.02. The van der Waals surface area contributed by atoms with Gasteiger partial charge in [0, 0.05) is 5.70 Å². The summed E-state index contributed by atoms with van der Waals surface area (Å²) >= 11 is 0. The van der Waals surface area contributed by atoms with E-state index in [0.29, 0.717) is 11.4 Å². The highest BCUT2D eigenvalue weighted by molar-refractivity contribution is 6.10. The van der Waals surface area contributed by atoms with Crippen LogP contribution in [0.4, 0.5) is 0 Å². The highest BCUT2D eigenvalue weighted by Gasteiger charge is 2.05. The third kappa shape index (κ3) is 3.51. The average molecular weight is 348 g/mol. The summed E-state index contributed by atoms with van der Waals surface area (Å²) in [6.07, 6.45) is 1.71. The average Bonchev–Trinajstić information content (AvgIpc) is 2.74. The van der Waals surface area contributed by atoms with Crippen molar-refractivity contribution in [3.8, 4) is 11.1 Å². The van der Waals surface area contributed by atoms with Crippen molar-refractivity contribution >= 4 is 22.2 Å². The summed E-state index contributed by atoms with van der Waals surface area (Å²) in [6, 6.07) is 32.6. The molecule has 2 nitrogen and oxygen atoms in total. The van der Waals surface area contributed by atoms with Gasteiger partial charge in [-0.25, -0.2) is 0 Å². The minimum absolute atomic E-state index is 0.404. The van der Waals surface area contributed by atoms with Crippen LogP contribution >= 0.6 is 0 Å². The molecule has 4 rings (SSSR count). The summed E-state index contributed by atoms with van der Waals surface area (Å²) in [7, 11) is 0. The third-order valence-electron chi connectivity index (χ3n) is 4.70. The molecule has 0 saturated carbocycles. The Bertz CT molecular complexity index is 1120. The van der Waals surface area contributed by atoms with Gasteiger partial charge in [-0.2, -0.15) is 0 Å². The number of benzene rings is 4. The van der Waals surface area contributed by atoms with E-state index in [1.54, 1.807) is 6.08 Å². The van der Waals surface area contributed by atoms with Crippen LogP contribution in [0.15, 0.2) is 103 Å². The summed E-state index contributed by atoms with van der Waals surface area (Å²) < 4.78 is 0. The predicted molar refractivity (Wildman–Crippen MR) is 115 cm³/mol. The lowest BCUT2D eigenvalue weighted by molar-refractivity contribution is 1.47. The number of hydrogen-bond donors (Lipinski definition) is 2. The predicted octanol–water partition coefficient (Wildman–Crippen LogP) is 5.87. The van der Waals surface area contributed by atoms with Crippen molar-refractivity contribution in [2.75, 3.05) is 0 Å². The molecule has 4 aromatic rings. The second-order valence-electron chi connectivity index (χ2n) is 6.48. The van der Waals surface area contributed by atoms with Gasteiger partial charge in [-0.05, 0) is 39.1 Å². The Hall–Kier alpha value is -3.65. The van der Waals surface area contributed by atoms with Crippen molar-refractivity contribution in [2.24, 2.45) is 5.73 Å². The maximum absolute atomic E-state index is 8.36. The Morgan fingerprint density at radius 1 is 0.667 bits per heavy atom. The van der Waals surface area contributed by atoms with Crippen molar-refractivity contribution in [3.05, 3.63) is 114 Å². The molecule has 3 N–H and O–H groups in total. The second-order valence-corrected chi connectivity index (χ2v) is 6.48. The number of nitrogens with two attached hydrogens (primary N) is 1. The molecule has 2 heteroatoms. The van der Waals surface area contributed by atoms with Crippen LogP contribution in [0.3, 0.4) is 0 Å². The van der Waals surface area contributed by atoms with Crippen LogP contribution in [0.5, 0.6) is 0 Å². The Balaban J connectivity index is 1.63. The van der Waals surface area contributed by atoms with Crippen LogP contribution in [0, 0.1) is 5.41 Å². The van der Waals surface area contributed by atoms with E-state index in [9.17, 15) is 0 Å². The SMILES string of the molecule is N=C(/C=C(\N)c1ccccc1)c1ccc(-c2cccc3ccccc23)cc1. The van der Waals surface area contributed by atoms with Gasteiger partial charge in [0.2, 0.25) is 0 Å². The molecule has 0 bridgehead atoms. The molecular formula is C25H20N2. The fourth-order valence-electron chi connectivity index (χ4n) is 3.26. The molecule has 0 aliphatic rings. The van der Waals surface area contributed by atoms with Crippen molar-refractivity contribution in [2.45, 2.75) is 0 Å². The van der Waals surface area contributed by atoms with Crippen molar-refractivity contribution in [1.29, 1.82) is 5.41 Å². The van der Waals surface area contributed by atoms with E-state index in [4.69, 9.17) is 11.1 Å². The van der Waals surface area contributed by atoms with E-state index in [1.807, 2.05) is 42.5 Å². The van der Waals surface area contributed by atoms with Gasteiger partial charge in [0.1, 0.15) is 0 Å². The molecule has 0 radical (unpaired) electrons. The monoisotopic (exact) mass is 348 g/mol. The molecule has 0 heterocycles. The zero-order chi connectivity index (χ0) is 18.6. The van der Waals surface area contributed by atoms with Crippen LogP contribution in [-0.2, 0) is 0 Å². The van der Waals surface area contributed by atoms with Crippen LogP contribution in [-0.4, -0.2) is 5.71 Å². The summed E-state index contributed by atoms with van der Waals surface area (Å²) in [5, 5.41) is 10.8. The van der Waals surface area contributed by atoms with Crippen molar-refractivity contribution in [1.82, 2.24) is 0 Å². The van der Waals surface area contributed by atoms with Gasteiger partial charge in [0.25, 0.3) is 0 Å². The number of allylic oxidation sites excluding steroid dienone is 1. The van der Waals surface area contributed by atoms with Crippen molar-refractivity contribution < 1.29 is 0 Å². The third-order valence-corrected chi connectivity index (χ3v) is 4.70. The molecule has 0 spiro atoms. The first-order valence-electron chi connectivity index (χ1n) is 8.92. The zero-order valence-corrected chi connectivity index (χ0v) is 14.9. The standard InChI is InChI=1S/C25H20N2/c26-24(20-8-2-1-3-9-20)17-25(27)21-15-13-19(14-16-21)23-12-6-10-18-7-4-5-11-22(18)23/h1-17,27H,26H2/b24-17-,27-25?. The van der Waals surface area contributed by atoms with E-state index in [2.05, 4.69) is 54.6 Å². The first kappa shape index (κ1) is 16.8. The molecule has 0 fully saturated rings. The highest BCUT2D eigenvalue weighted by atomic mass is 14.6. The maximum Gasteiger partial charge on any atom is 0.0632 e. The molecule has 0 aromatic heterocycles. The molecular weight excluding hydrogens is 328 g/mol. The molecule has 0 saturated heterocycles. The summed E-state index contributed by atoms with van der Waals surface area (Å²) in [4.78, 5) is 0. The molecule has 4 aromatic carbocycles. The number of rotatable bonds is 4. The lowest BCUT2D eigenvalue weighted by atomic mass is 9.96. The van der Waals surface area contributed by atoms with Crippen molar-refractivity contribution in [3.63, 3.8) is 0 Å². The minimum atomic E-state index is 0.404. The van der Waals surface area contributed by atoms with Gasteiger partial charge in [-0.15, -0.1) is 0 Å². The number of fused-ring (bicyclic) bond motifs is 1. The first-order chi connectivity index (χ1) is 13.2. The maximum atomic E-state index is 8.36. The molecule has 0 amide bonds. The van der Waals surface area contributed by atoms with E-state index >= 15 is 0 Å². The number of hydrogen-bond acceptors (Lipinski definition) is 2.